The molecule has 1 fully saturated rings. The highest BCUT2D eigenvalue weighted by Gasteiger charge is 2.31. The van der Waals surface area contributed by atoms with Crippen molar-refractivity contribution in [3.63, 3.8) is 0 Å². The summed E-state index contributed by atoms with van der Waals surface area (Å²) in [6.07, 6.45) is 1.61. The minimum Gasteiger partial charge on any atom is -0.444 e. The second-order valence-corrected chi connectivity index (χ2v) is 15.0. The van der Waals surface area contributed by atoms with Gasteiger partial charge in [0, 0.05) is 25.7 Å². The van der Waals surface area contributed by atoms with Gasteiger partial charge in [0.1, 0.15) is 22.2 Å². The number of alkyl halides is 3. The van der Waals surface area contributed by atoms with Crippen molar-refractivity contribution in [1.29, 1.82) is 0 Å². The number of benzene rings is 2. The van der Waals surface area contributed by atoms with Crippen LogP contribution in [0.25, 0.3) is 0 Å². The predicted octanol–water partition coefficient (Wildman–Crippen LogP) is 7.87. The second-order valence-electron chi connectivity index (χ2n) is 13.9. The Morgan fingerprint density at radius 2 is 1.53 bits per heavy atom. The van der Waals surface area contributed by atoms with E-state index in [4.69, 9.17) is 4.74 Å². The van der Waals surface area contributed by atoms with Gasteiger partial charge in [-0.25, -0.2) is 9.78 Å². The first-order chi connectivity index (χ1) is 25.2. The summed E-state index contributed by atoms with van der Waals surface area (Å²) in [5.41, 5.74) is 2.95. The van der Waals surface area contributed by atoms with Gasteiger partial charge in [-0.1, -0.05) is 53.8 Å². The molecule has 3 heterocycles. The highest BCUT2D eigenvalue weighted by atomic mass is 32.1. The molecule has 0 spiro atoms. The molecule has 15 heteroatoms. The Balaban J connectivity index is 0.974. The van der Waals surface area contributed by atoms with Gasteiger partial charge >= 0.3 is 12.5 Å². The highest BCUT2D eigenvalue weighted by molar-refractivity contribution is 7.15. The summed E-state index contributed by atoms with van der Waals surface area (Å²) in [4.78, 5) is 43.5. The summed E-state index contributed by atoms with van der Waals surface area (Å²) in [6.45, 7) is 6.91. The molecule has 0 atom stereocenters. The van der Waals surface area contributed by atoms with Gasteiger partial charge in [-0.15, -0.1) is 23.4 Å². The first kappa shape index (κ1) is 39.2. The molecule has 282 valence electrons. The van der Waals surface area contributed by atoms with E-state index in [-0.39, 0.29) is 30.6 Å². The number of pyridine rings is 1. The number of rotatable bonds is 13. The molecule has 5 rings (SSSR count). The van der Waals surface area contributed by atoms with Crippen molar-refractivity contribution in [3.05, 3.63) is 94.1 Å². The summed E-state index contributed by atoms with van der Waals surface area (Å²) >= 11 is 1.35. The molecule has 0 aliphatic carbocycles. The van der Waals surface area contributed by atoms with E-state index in [1.165, 1.54) is 35.1 Å². The van der Waals surface area contributed by atoms with Crippen LogP contribution in [0.1, 0.15) is 79.6 Å². The Bertz CT molecular complexity index is 1840. The quantitative estimate of drug-likeness (QED) is 0.132. The van der Waals surface area contributed by atoms with Crippen LogP contribution < -0.4 is 15.4 Å². The summed E-state index contributed by atoms with van der Waals surface area (Å²) in [6, 6.07) is 16.9. The Labute approximate surface area is 310 Å². The molecule has 2 aromatic heterocycles. The zero-order valence-electron chi connectivity index (χ0n) is 29.9. The minimum absolute atomic E-state index is 0.134. The van der Waals surface area contributed by atoms with Gasteiger partial charge in [0.15, 0.2) is 0 Å². The molecular formula is C38H43F3N6O5S. The van der Waals surface area contributed by atoms with E-state index in [2.05, 4.69) is 42.7 Å². The number of ether oxygens (including phenoxy) is 2. The first-order valence-electron chi connectivity index (χ1n) is 17.5. The van der Waals surface area contributed by atoms with Crippen molar-refractivity contribution < 1.29 is 37.0 Å². The Kier molecular flexibility index (Phi) is 13.0. The molecule has 3 amide bonds. The van der Waals surface area contributed by atoms with E-state index in [1.54, 1.807) is 23.2 Å². The van der Waals surface area contributed by atoms with Crippen LogP contribution in [0.2, 0.25) is 0 Å². The number of nitrogens with one attached hydrogen (secondary N) is 2. The number of aryl methyl sites for hydroxylation is 2. The third kappa shape index (κ3) is 13.1. The lowest BCUT2D eigenvalue weighted by Crippen LogP contribution is -2.41. The number of carbonyl (C=O) groups excluding carboxylic acids is 3. The van der Waals surface area contributed by atoms with Crippen LogP contribution in [-0.4, -0.2) is 63.0 Å². The largest absolute Gasteiger partial charge is 0.573 e. The molecule has 1 aliphatic heterocycles. The number of carbonyl (C=O) groups is 3. The highest BCUT2D eigenvalue weighted by Crippen LogP contribution is 2.29. The molecule has 2 N–H and O–H groups in total. The van der Waals surface area contributed by atoms with Gasteiger partial charge in [-0.2, -0.15) is 0 Å². The summed E-state index contributed by atoms with van der Waals surface area (Å²) in [5.74, 6) is -0.265. The van der Waals surface area contributed by atoms with E-state index in [0.717, 1.165) is 48.2 Å². The molecule has 1 saturated heterocycles. The fraction of sp³-hybridized carbons (Fsp3) is 0.421. The topological polar surface area (TPSA) is 136 Å². The lowest BCUT2D eigenvalue weighted by atomic mass is 9.89. The average Bonchev–Trinajstić information content (AvgIpc) is 3.53. The van der Waals surface area contributed by atoms with Crippen molar-refractivity contribution >= 4 is 40.2 Å². The zero-order chi connectivity index (χ0) is 38.0. The number of hydrogen-bond donors (Lipinski definition) is 2. The van der Waals surface area contributed by atoms with Gasteiger partial charge in [-0.3, -0.25) is 9.59 Å². The van der Waals surface area contributed by atoms with Crippen LogP contribution in [0.4, 0.5) is 28.9 Å². The van der Waals surface area contributed by atoms with Crippen molar-refractivity contribution in [3.8, 4) is 5.75 Å². The number of amides is 3. The molecular weight excluding hydrogens is 710 g/mol. The van der Waals surface area contributed by atoms with E-state index in [9.17, 15) is 27.6 Å². The number of hydrogen-bond acceptors (Lipinski definition) is 9. The van der Waals surface area contributed by atoms with Crippen LogP contribution in [0, 0.1) is 0 Å². The van der Waals surface area contributed by atoms with E-state index < -0.39 is 17.9 Å². The Morgan fingerprint density at radius 1 is 0.849 bits per heavy atom. The maximum absolute atomic E-state index is 12.7. The second kappa shape index (κ2) is 17.6. The minimum atomic E-state index is -4.81. The van der Waals surface area contributed by atoms with Gasteiger partial charge in [0.25, 0.3) is 0 Å². The number of anilines is 2. The van der Waals surface area contributed by atoms with Crippen LogP contribution in [0.3, 0.4) is 0 Å². The number of piperidine rings is 1. The summed E-state index contributed by atoms with van der Waals surface area (Å²) in [7, 11) is 0. The molecule has 0 saturated carbocycles. The van der Waals surface area contributed by atoms with E-state index in [1.807, 2.05) is 39.0 Å². The molecule has 0 unspecified atom stereocenters. The van der Waals surface area contributed by atoms with E-state index in [0.29, 0.717) is 41.9 Å². The third-order valence-corrected chi connectivity index (χ3v) is 9.27. The van der Waals surface area contributed by atoms with Crippen LogP contribution in [0.5, 0.6) is 5.75 Å². The normalized spacial score (nSPS) is 13.7. The zero-order valence-corrected chi connectivity index (χ0v) is 30.7. The lowest BCUT2D eigenvalue weighted by Gasteiger charge is -2.33. The number of unbranched alkanes of at least 4 members (excludes halogenated alkanes) is 1. The summed E-state index contributed by atoms with van der Waals surface area (Å²) in [5, 5.41) is 15.1. The fourth-order valence-corrected chi connectivity index (χ4v) is 6.66. The predicted molar refractivity (Wildman–Crippen MR) is 195 cm³/mol. The molecule has 0 radical (unpaired) electrons. The maximum Gasteiger partial charge on any atom is 0.573 e. The van der Waals surface area contributed by atoms with Crippen LogP contribution >= 0.6 is 11.3 Å². The van der Waals surface area contributed by atoms with Crippen LogP contribution in [0.15, 0.2) is 66.9 Å². The van der Waals surface area contributed by atoms with E-state index >= 15 is 0 Å². The van der Waals surface area contributed by atoms with Crippen molar-refractivity contribution in [2.75, 3.05) is 23.7 Å². The molecule has 2 aromatic carbocycles. The van der Waals surface area contributed by atoms with Gasteiger partial charge < -0.3 is 25.0 Å². The van der Waals surface area contributed by atoms with Gasteiger partial charge in [0.2, 0.25) is 16.9 Å². The fourth-order valence-electron chi connectivity index (χ4n) is 5.86. The first-order valence-corrected chi connectivity index (χ1v) is 18.3. The Morgan fingerprint density at radius 3 is 2.21 bits per heavy atom. The molecule has 53 heavy (non-hydrogen) atoms. The number of likely N-dealkylation sites (tertiary alicyclic amines) is 1. The summed E-state index contributed by atoms with van der Waals surface area (Å²) < 4.78 is 46.8. The van der Waals surface area contributed by atoms with Gasteiger partial charge in [0.05, 0.1) is 12.8 Å². The SMILES string of the molecule is CC(C)(C)OC(=O)N1CCC(c2ccc(CC(=O)Nc3nnc(CCCCc4ccc(NC(=O)Cc5cccc(OC(F)(F)F)c5)nc4)s3)cc2)CC1. The van der Waals surface area contributed by atoms with Crippen molar-refractivity contribution in [2.24, 2.45) is 0 Å². The molecule has 4 aromatic rings. The molecule has 0 bridgehead atoms. The van der Waals surface area contributed by atoms with Crippen molar-refractivity contribution in [1.82, 2.24) is 20.1 Å². The standard InChI is InChI=1S/C38H43F3N6O5S/c1-37(2,3)52-36(50)47-19-17-29(18-20-47)28-14-11-25(12-15-28)22-33(49)44-35-46-45-34(53-35)10-5-4-7-26-13-16-31(42-24-26)43-32(48)23-27-8-6-9-30(21-27)51-38(39,40)41/h6,8-9,11-16,21,24,29H,4-5,7,10,17-20,22-23H2,1-3H3,(H,42,43,48)(H,44,46,49). The number of nitrogens with zero attached hydrogens (tertiary/aromatic N) is 4. The smallest absolute Gasteiger partial charge is 0.444 e. The monoisotopic (exact) mass is 752 g/mol. The number of halogens is 3. The maximum atomic E-state index is 12.7. The Hall–Kier alpha value is -5.05. The average molecular weight is 753 g/mol. The number of aromatic nitrogens is 3. The van der Waals surface area contributed by atoms with Gasteiger partial charge in [-0.05, 0) is 99.2 Å². The molecule has 1 aliphatic rings. The lowest BCUT2D eigenvalue weighted by molar-refractivity contribution is -0.274. The third-order valence-electron chi connectivity index (χ3n) is 8.37. The van der Waals surface area contributed by atoms with Crippen molar-refractivity contribution in [2.45, 2.75) is 90.0 Å². The van der Waals surface area contributed by atoms with Crippen LogP contribution in [-0.2, 0) is 40.0 Å². The molecule has 11 nitrogen and oxygen atoms in total.